The zero-order valence-corrected chi connectivity index (χ0v) is 10.4. The Morgan fingerprint density at radius 1 is 1.17 bits per heavy atom. The Hall–Kier alpha value is -1.69. The van der Waals surface area contributed by atoms with Crippen molar-refractivity contribution in [1.82, 2.24) is 0 Å². The number of aliphatic carboxylic acids is 2. The normalized spacial score (nSPS) is 16.6. The fourth-order valence-corrected chi connectivity index (χ4v) is 0.399. The van der Waals surface area contributed by atoms with Crippen LogP contribution in [0.1, 0.15) is 20.8 Å². The van der Waals surface area contributed by atoms with Crippen molar-refractivity contribution in [1.29, 1.82) is 5.26 Å². The number of carboxylic acids is 2. The number of nitriles is 1. The molecular weight excluding hydrogens is 244 g/mol. The van der Waals surface area contributed by atoms with Crippen molar-refractivity contribution in [2.24, 2.45) is 11.7 Å². The molecule has 0 aromatic carbocycles. The molecule has 0 saturated carbocycles. The SMILES string of the molecule is CC(C)[C@](C)(N)C#N.O=C(O)[C@@H](O)[C@H](O)C(=O)O. The minimum Gasteiger partial charge on any atom is -0.479 e. The molecule has 0 amide bonds. The van der Waals surface area contributed by atoms with Crippen LogP contribution in [0, 0.1) is 17.2 Å². The summed E-state index contributed by atoms with van der Waals surface area (Å²) < 4.78 is 0. The molecule has 0 bridgehead atoms. The van der Waals surface area contributed by atoms with Gasteiger partial charge in [0.05, 0.1) is 6.07 Å². The molecule has 0 aliphatic rings. The van der Waals surface area contributed by atoms with Gasteiger partial charge in [-0.15, -0.1) is 0 Å². The molecule has 0 aromatic rings. The van der Waals surface area contributed by atoms with Gasteiger partial charge in [0.15, 0.2) is 12.2 Å². The van der Waals surface area contributed by atoms with Crippen LogP contribution in [-0.2, 0) is 9.59 Å². The smallest absolute Gasteiger partial charge is 0.335 e. The van der Waals surface area contributed by atoms with Crippen LogP contribution in [-0.4, -0.2) is 50.1 Å². The fraction of sp³-hybridized carbons (Fsp3) is 0.700. The summed E-state index contributed by atoms with van der Waals surface area (Å²) in [7, 11) is 0. The molecule has 0 saturated heterocycles. The molecule has 8 heteroatoms. The summed E-state index contributed by atoms with van der Waals surface area (Å²) >= 11 is 0. The van der Waals surface area contributed by atoms with Crippen LogP contribution < -0.4 is 5.73 Å². The molecule has 0 aliphatic heterocycles. The first-order valence-electron chi connectivity index (χ1n) is 4.99. The second-order valence-electron chi connectivity index (χ2n) is 4.12. The van der Waals surface area contributed by atoms with Gasteiger partial charge >= 0.3 is 11.9 Å². The lowest BCUT2D eigenvalue weighted by Gasteiger charge is -2.18. The molecule has 3 atom stereocenters. The number of carbonyl (C=O) groups is 2. The quantitative estimate of drug-likeness (QED) is 0.419. The van der Waals surface area contributed by atoms with E-state index in [0.717, 1.165) is 0 Å². The van der Waals surface area contributed by atoms with Gasteiger partial charge in [-0.2, -0.15) is 5.26 Å². The van der Waals surface area contributed by atoms with Gasteiger partial charge in [0, 0.05) is 0 Å². The number of aliphatic hydroxyl groups is 2. The number of hydrogen-bond donors (Lipinski definition) is 5. The summed E-state index contributed by atoms with van der Waals surface area (Å²) in [5, 5.41) is 40.9. The Kier molecular flexibility index (Phi) is 7.88. The predicted molar refractivity (Wildman–Crippen MR) is 60.3 cm³/mol. The molecule has 104 valence electrons. The minimum atomic E-state index is -2.27. The fourth-order valence-electron chi connectivity index (χ4n) is 0.399. The van der Waals surface area contributed by atoms with Gasteiger partial charge in [-0.05, 0) is 12.8 Å². The Bertz CT molecular complexity index is 316. The average molecular weight is 262 g/mol. The molecule has 18 heavy (non-hydrogen) atoms. The monoisotopic (exact) mass is 262 g/mol. The number of nitrogens with zero attached hydrogens (tertiary/aromatic N) is 1. The minimum absolute atomic E-state index is 0.229. The van der Waals surface area contributed by atoms with E-state index in [4.69, 9.17) is 31.4 Å². The lowest BCUT2D eigenvalue weighted by molar-refractivity contribution is -0.165. The lowest BCUT2D eigenvalue weighted by Crippen LogP contribution is -2.39. The standard InChI is InChI=1S/C6H12N2.C4H6O6/c1-5(2)6(3,8)4-7;5-1(3(7)8)2(6)4(9)10/h5H,8H2,1-3H3;1-2,5-6H,(H,7,8)(H,9,10)/t6-;1-,2-/m10/s1. The molecule has 0 radical (unpaired) electrons. The first-order chi connectivity index (χ1) is 7.97. The largest absolute Gasteiger partial charge is 0.479 e. The van der Waals surface area contributed by atoms with E-state index in [1.165, 1.54) is 0 Å². The average Bonchev–Trinajstić information content (AvgIpc) is 2.27. The van der Waals surface area contributed by atoms with E-state index in [1.54, 1.807) is 6.92 Å². The van der Waals surface area contributed by atoms with Crippen molar-refractivity contribution in [2.45, 2.75) is 38.5 Å². The molecule has 0 unspecified atom stereocenters. The summed E-state index contributed by atoms with van der Waals surface area (Å²) in [6.45, 7) is 5.60. The van der Waals surface area contributed by atoms with Gasteiger partial charge in [0.25, 0.3) is 0 Å². The highest BCUT2D eigenvalue weighted by molar-refractivity contribution is 5.83. The third kappa shape index (κ3) is 6.80. The van der Waals surface area contributed by atoms with Crippen LogP contribution in [0.4, 0.5) is 0 Å². The van der Waals surface area contributed by atoms with Crippen molar-refractivity contribution in [3.05, 3.63) is 0 Å². The van der Waals surface area contributed by atoms with Crippen LogP contribution in [0.3, 0.4) is 0 Å². The Morgan fingerprint density at radius 3 is 1.50 bits per heavy atom. The summed E-state index contributed by atoms with van der Waals surface area (Å²) in [6.07, 6.45) is -4.53. The maximum absolute atomic E-state index is 9.77. The summed E-state index contributed by atoms with van der Waals surface area (Å²) in [4.78, 5) is 19.5. The number of rotatable bonds is 4. The van der Waals surface area contributed by atoms with Crippen LogP contribution in [0.15, 0.2) is 0 Å². The molecule has 0 fully saturated rings. The van der Waals surface area contributed by atoms with Crippen molar-refractivity contribution in [3.8, 4) is 6.07 Å². The van der Waals surface area contributed by atoms with Crippen LogP contribution in [0.25, 0.3) is 0 Å². The molecule has 0 aliphatic carbocycles. The zero-order chi connectivity index (χ0) is 15.1. The molecule has 0 rings (SSSR count). The van der Waals surface area contributed by atoms with Gasteiger partial charge in [-0.25, -0.2) is 9.59 Å². The maximum atomic E-state index is 9.77. The van der Waals surface area contributed by atoms with E-state index in [1.807, 2.05) is 19.9 Å². The van der Waals surface area contributed by atoms with Crippen molar-refractivity contribution < 1.29 is 30.0 Å². The highest BCUT2D eigenvalue weighted by Gasteiger charge is 2.29. The summed E-state index contributed by atoms with van der Waals surface area (Å²) in [5.74, 6) is -3.31. The topological polar surface area (TPSA) is 165 Å². The first kappa shape index (κ1) is 18.7. The van der Waals surface area contributed by atoms with Crippen LogP contribution >= 0.6 is 0 Å². The molecule has 8 nitrogen and oxygen atoms in total. The highest BCUT2D eigenvalue weighted by Crippen LogP contribution is 2.09. The first-order valence-corrected chi connectivity index (χ1v) is 4.99. The summed E-state index contributed by atoms with van der Waals surface area (Å²) in [6, 6.07) is 2.02. The number of nitrogens with two attached hydrogens (primary N) is 1. The molecule has 6 N–H and O–H groups in total. The number of aliphatic hydroxyl groups excluding tert-OH is 2. The zero-order valence-electron chi connectivity index (χ0n) is 10.4. The molecule has 0 aromatic heterocycles. The van der Waals surface area contributed by atoms with E-state index < -0.39 is 29.7 Å². The van der Waals surface area contributed by atoms with Gasteiger partial charge in [-0.1, -0.05) is 13.8 Å². The van der Waals surface area contributed by atoms with E-state index in [0.29, 0.717) is 0 Å². The second kappa shape index (κ2) is 7.60. The predicted octanol–water partition coefficient (Wildman–Crippen LogP) is -1.24. The Labute approximate surface area is 104 Å². The van der Waals surface area contributed by atoms with Crippen LogP contribution in [0.5, 0.6) is 0 Å². The third-order valence-corrected chi connectivity index (χ3v) is 2.25. The lowest BCUT2D eigenvalue weighted by atomic mass is 9.92. The number of carboxylic acid groups (broad SMARTS) is 2. The van der Waals surface area contributed by atoms with Crippen molar-refractivity contribution >= 4 is 11.9 Å². The Morgan fingerprint density at radius 2 is 1.44 bits per heavy atom. The molecular formula is C10H18N2O6. The second-order valence-corrected chi connectivity index (χ2v) is 4.12. The van der Waals surface area contributed by atoms with Crippen molar-refractivity contribution in [2.75, 3.05) is 0 Å². The van der Waals surface area contributed by atoms with Gasteiger partial charge in [0.2, 0.25) is 0 Å². The van der Waals surface area contributed by atoms with Gasteiger partial charge < -0.3 is 26.2 Å². The van der Waals surface area contributed by atoms with Gasteiger partial charge in [0.1, 0.15) is 5.54 Å². The van der Waals surface area contributed by atoms with Gasteiger partial charge in [-0.3, -0.25) is 0 Å². The van der Waals surface area contributed by atoms with E-state index in [2.05, 4.69) is 0 Å². The van der Waals surface area contributed by atoms with Crippen molar-refractivity contribution in [3.63, 3.8) is 0 Å². The molecule has 0 heterocycles. The third-order valence-electron chi connectivity index (χ3n) is 2.25. The van der Waals surface area contributed by atoms with E-state index in [-0.39, 0.29) is 5.92 Å². The molecule has 0 spiro atoms. The summed E-state index contributed by atoms with van der Waals surface area (Å²) in [5.41, 5.74) is 4.84. The number of hydrogen-bond acceptors (Lipinski definition) is 6. The van der Waals surface area contributed by atoms with E-state index >= 15 is 0 Å². The highest BCUT2D eigenvalue weighted by atomic mass is 16.4. The van der Waals surface area contributed by atoms with E-state index in [9.17, 15) is 9.59 Å². The Balaban J connectivity index is 0. The maximum Gasteiger partial charge on any atom is 0.335 e. The van der Waals surface area contributed by atoms with Crippen LogP contribution in [0.2, 0.25) is 0 Å².